The topological polar surface area (TPSA) is 75.2 Å². The standard InChI is InChI=1S/C21H24N4O2/c1-4-5-10-25(3)21(27)18-11-17(13-23-14(18)2)16-8-9-22-19(12-16)24-20(26)15-6-7-15/h4,8-9,11-13,15H,1,5-7,10H2,2-3H3,(H,22,24,26). The second kappa shape index (κ2) is 8.12. The normalized spacial score (nSPS) is 13.1. The summed E-state index contributed by atoms with van der Waals surface area (Å²) in [6.45, 7) is 6.13. The van der Waals surface area contributed by atoms with Crippen LogP contribution >= 0.6 is 0 Å². The molecule has 0 unspecified atom stereocenters. The van der Waals surface area contributed by atoms with Gasteiger partial charge < -0.3 is 10.2 Å². The maximum Gasteiger partial charge on any atom is 0.255 e. The first-order valence-electron chi connectivity index (χ1n) is 9.10. The number of anilines is 1. The van der Waals surface area contributed by atoms with Crippen molar-refractivity contribution in [2.75, 3.05) is 18.9 Å². The Hall–Kier alpha value is -3.02. The third-order valence-electron chi connectivity index (χ3n) is 4.63. The molecule has 0 radical (unpaired) electrons. The molecule has 0 bridgehead atoms. The van der Waals surface area contributed by atoms with Gasteiger partial charge in [-0.3, -0.25) is 14.6 Å². The molecule has 140 valence electrons. The first-order chi connectivity index (χ1) is 13.0. The van der Waals surface area contributed by atoms with Gasteiger partial charge in [-0.05, 0) is 49.9 Å². The van der Waals surface area contributed by atoms with Gasteiger partial charge in [0.05, 0.1) is 11.3 Å². The SMILES string of the molecule is C=CCCN(C)C(=O)c1cc(-c2ccnc(NC(=O)C3CC3)c2)cnc1C. The van der Waals surface area contributed by atoms with Gasteiger partial charge in [0.1, 0.15) is 5.82 Å². The van der Waals surface area contributed by atoms with Gasteiger partial charge in [-0.2, -0.15) is 0 Å². The van der Waals surface area contributed by atoms with E-state index in [-0.39, 0.29) is 17.7 Å². The summed E-state index contributed by atoms with van der Waals surface area (Å²) >= 11 is 0. The zero-order chi connectivity index (χ0) is 19.4. The number of aromatic nitrogens is 2. The summed E-state index contributed by atoms with van der Waals surface area (Å²) in [5.74, 6) is 0.578. The Morgan fingerprint density at radius 1 is 1.30 bits per heavy atom. The average Bonchev–Trinajstić information content (AvgIpc) is 3.51. The number of nitrogens with zero attached hydrogens (tertiary/aromatic N) is 3. The minimum atomic E-state index is -0.0694. The number of nitrogens with one attached hydrogen (secondary N) is 1. The summed E-state index contributed by atoms with van der Waals surface area (Å²) in [6, 6.07) is 5.49. The van der Waals surface area contributed by atoms with Crippen LogP contribution in [-0.4, -0.2) is 40.3 Å². The van der Waals surface area contributed by atoms with Crippen LogP contribution in [0.5, 0.6) is 0 Å². The van der Waals surface area contributed by atoms with Crippen molar-refractivity contribution in [1.29, 1.82) is 0 Å². The smallest absolute Gasteiger partial charge is 0.255 e. The monoisotopic (exact) mass is 364 g/mol. The van der Waals surface area contributed by atoms with E-state index in [1.54, 1.807) is 30.4 Å². The molecular formula is C21H24N4O2. The van der Waals surface area contributed by atoms with E-state index < -0.39 is 0 Å². The lowest BCUT2D eigenvalue weighted by atomic mass is 10.0. The fourth-order valence-electron chi connectivity index (χ4n) is 2.75. The van der Waals surface area contributed by atoms with Crippen LogP contribution in [0.3, 0.4) is 0 Å². The molecule has 2 amide bonds. The van der Waals surface area contributed by atoms with Crippen LogP contribution in [0.4, 0.5) is 5.82 Å². The predicted octanol–water partition coefficient (Wildman–Crippen LogP) is 3.45. The predicted molar refractivity (Wildman–Crippen MR) is 105 cm³/mol. The van der Waals surface area contributed by atoms with Crippen molar-refractivity contribution in [1.82, 2.24) is 14.9 Å². The molecular weight excluding hydrogens is 340 g/mol. The Morgan fingerprint density at radius 2 is 2.07 bits per heavy atom. The van der Waals surface area contributed by atoms with E-state index in [1.807, 2.05) is 25.1 Å². The average molecular weight is 364 g/mol. The molecule has 2 aromatic heterocycles. The van der Waals surface area contributed by atoms with Crippen molar-refractivity contribution in [2.24, 2.45) is 5.92 Å². The highest BCUT2D eigenvalue weighted by molar-refractivity contribution is 5.96. The number of hydrogen-bond donors (Lipinski definition) is 1. The van der Waals surface area contributed by atoms with Crippen LogP contribution in [0.2, 0.25) is 0 Å². The fraction of sp³-hybridized carbons (Fsp3) is 0.333. The van der Waals surface area contributed by atoms with Crippen molar-refractivity contribution in [3.8, 4) is 11.1 Å². The Kier molecular flexibility index (Phi) is 5.64. The maximum atomic E-state index is 12.7. The molecule has 1 saturated carbocycles. The van der Waals surface area contributed by atoms with Crippen LogP contribution in [0.25, 0.3) is 11.1 Å². The molecule has 2 aromatic rings. The fourth-order valence-corrected chi connectivity index (χ4v) is 2.75. The quantitative estimate of drug-likeness (QED) is 0.764. The Bertz CT molecular complexity index is 874. The van der Waals surface area contributed by atoms with Crippen molar-refractivity contribution < 1.29 is 9.59 Å². The molecule has 6 nitrogen and oxygen atoms in total. The minimum Gasteiger partial charge on any atom is -0.341 e. The van der Waals surface area contributed by atoms with Crippen molar-refractivity contribution in [3.63, 3.8) is 0 Å². The molecule has 0 spiro atoms. The summed E-state index contributed by atoms with van der Waals surface area (Å²) in [5, 5.41) is 2.85. The van der Waals surface area contributed by atoms with Crippen molar-refractivity contribution in [2.45, 2.75) is 26.2 Å². The van der Waals surface area contributed by atoms with Crippen LogP contribution < -0.4 is 5.32 Å². The number of hydrogen-bond acceptors (Lipinski definition) is 4. The number of aryl methyl sites for hydroxylation is 1. The van der Waals surface area contributed by atoms with Gasteiger partial charge in [0.15, 0.2) is 0 Å². The largest absolute Gasteiger partial charge is 0.341 e. The molecule has 0 aliphatic heterocycles. The zero-order valence-corrected chi connectivity index (χ0v) is 15.7. The summed E-state index contributed by atoms with van der Waals surface area (Å²) in [5.41, 5.74) is 2.92. The lowest BCUT2D eigenvalue weighted by Gasteiger charge is -2.18. The lowest BCUT2D eigenvalue weighted by molar-refractivity contribution is -0.117. The molecule has 0 atom stereocenters. The Balaban J connectivity index is 1.83. The first-order valence-corrected chi connectivity index (χ1v) is 9.10. The lowest BCUT2D eigenvalue weighted by Crippen LogP contribution is -2.28. The molecule has 1 fully saturated rings. The van der Waals surface area contributed by atoms with Gasteiger partial charge in [-0.1, -0.05) is 6.08 Å². The second-order valence-corrected chi connectivity index (χ2v) is 6.85. The van der Waals surface area contributed by atoms with Gasteiger partial charge in [0.2, 0.25) is 5.91 Å². The van der Waals surface area contributed by atoms with E-state index in [2.05, 4.69) is 21.9 Å². The molecule has 27 heavy (non-hydrogen) atoms. The molecule has 2 heterocycles. The highest BCUT2D eigenvalue weighted by Gasteiger charge is 2.29. The van der Waals surface area contributed by atoms with E-state index in [0.29, 0.717) is 23.6 Å². The highest BCUT2D eigenvalue weighted by Crippen LogP contribution is 2.30. The molecule has 0 aromatic carbocycles. The van der Waals surface area contributed by atoms with Crippen LogP contribution in [0, 0.1) is 12.8 Å². The summed E-state index contributed by atoms with van der Waals surface area (Å²) in [7, 11) is 1.77. The molecule has 1 N–H and O–H groups in total. The summed E-state index contributed by atoms with van der Waals surface area (Å²) < 4.78 is 0. The number of carbonyl (C=O) groups is 2. The van der Waals surface area contributed by atoms with Crippen LogP contribution in [-0.2, 0) is 4.79 Å². The number of carbonyl (C=O) groups excluding carboxylic acids is 2. The van der Waals surface area contributed by atoms with Crippen molar-refractivity contribution in [3.05, 3.63) is 54.5 Å². The van der Waals surface area contributed by atoms with Crippen LogP contribution in [0.15, 0.2) is 43.2 Å². The third kappa shape index (κ3) is 4.58. The molecule has 3 rings (SSSR count). The van der Waals surface area contributed by atoms with Crippen LogP contribution in [0.1, 0.15) is 35.3 Å². The highest BCUT2D eigenvalue weighted by atomic mass is 16.2. The first kappa shape index (κ1) is 18.8. The van der Waals surface area contributed by atoms with E-state index in [9.17, 15) is 9.59 Å². The van der Waals surface area contributed by atoms with E-state index >= 15 is 0 Å². The third-order valence-corrected chi connectivity index (χ3v) is 4.63. The van der Waals surface area contributed by atoms with E-state index in [0.717, 1.165) is 30.4 Å². The summed E-state index contributed by atoms with van der Waals surface area (Å²) in [4.78, 5) is 35.0. The molecule has 0 saturated heterocycles. The van der Waals surface area contributed by atoms with Gasteiger partial charge in [0.25, 0.3) is 5.91 Å². The Labute approximate surface area is 159 Å². The second-order valence-electron chi connectivity index (χ2n) is 6.85. The van der Waals surface area contributed by atoms with Gasteiger partial charge in [0, 0.05) is 37.5 Å². The van der Waals surface area contributed by atoms with Crippen molar-refractivity contribution >= 4 is 17.6 Å². The van der Waals surface area contributed by atoms with Gasteiger partial charge >= 0.3 is 0 Å². The minimum absolute atomic E-state index is 0.0152. The Morgan fingerprint density at radius 3 is 2.78 bits per heavy atom. The molecule has 1 aliphatic rings. The maximum absolute atomic E-state index is 12.7. The molecule has 1 aliphatic carbocycles. The summed E-state index contributed by atoms with van der Waals surface area (Å²) in [6.07, 6.45) is 7.80. The number of amides is 2. The van der Waals surface area contributed by atoms with E-state index in [1.165, 1.54) is 0 Å². The zero-order valence-electron chi connectivity index (χ0n) is 15.7. The number of pyridine rings is 2. The van der Waals surface area contributed by atoms with Gasteiger partial charge in [-0.25, -0.2) is 4.98 Å². The number of rotatable bonds is 7. The van der Waals surface area contributed by atoms with Gasteiger partial charge in [-0.15, -0.1) is 6.58 Å². The molecule has 6 heteroatoms. The van der Waals surface area contributed by atoms with E-state index in [4.69, 9.17) is 0 Å².